The van der Waals surface area contributed by atoms with E-state index in [0.29, 0.717) is 12.2 Å². The second-order valence-corrected chi connectivity index (χ2v) is 9.53. The number of hydrogen-bond acceptors (Lipinski definition) is 3. The molecule has 4 nitrogen and oxygen atoms in total. The number of thioether (sulfide) groups is 1. The average Bonchev–Trinajstić information content (AvgIpc) is 3.21. The molecule has 0 bridgehead atoms. The molecule has 4 rings (SSSR count). The van der Waals surface area contributed by atoms with Gasteiger partial charge in [-0.1, -0.05) is 77.5 Å². The van der Waals surface area contributed by atoms with E-state index in [-0.39, 0.29) is 5.91 Å². The maximum absolute atomic E-state index is 12.4. The number of anilines is 1. The summed E-state index contributed by atoms with van der Waals surface area (Å²) in [7, 11) is 0. The molecule has 1 amide bonds. The molecule has 3 aromatic carbocycles. The van der Waals surface area contributed by atoms with Gasteiger partial charge in [0.05, 0.1) is 11.4 Å². The number of nitrogens with zero attached hydrogens (tertiary/aromatic N) is 1. The SMILES string of the molecule is Cc1ccc(-c2nc(SCCC(=O)Nc3ccc(C)c(C)c3)[nH]c2-c2ccc(C)cc2)cc1. The van der Waals surface area contributed by atoms with Crippen molar-refractivity contribution in [1.29, 1.82) is 0 Å². The number of amides is 1. The number of carbonyl (C=O) groups excluding carboxylic acids is 1. The first-order valence-electron chi connectivity index (χ1n) is 11.1. The molecule has 0 fully saturated rings. The van der Waals surface area contributed by atoms with Gasteiger partial charge in [-0.2, -0.15) is 0 Å². The van der Waals surface area contributed by atoms with Crippen molar-refractivity contribution in [1.82, 2.24) is 9.97 Å². The molecule has 2 N–H and O–H groups in total. The van der Waals surface area contributed by atoms with E-state index < -0.39 is 0 Å². The van der Waals surface area contributed by atoms with Crippen LogP contribution in [0.5, 0.6) is 0 Å². The molecule has 168 valence electrons. The third kappa shape index (κ3) is 5.74. The van der Waals surface area contributed by atoms with Crippen molar-refractivity contribution in [3.63, 3.8) is 0 Å². The highest BCUT2D eigenvalue weighted by molar-refractivity contribution is 7.99. The van der Waals surface area contributed by atoms with Gasteiger partial charge in [0.15, 0.2) is 5.16 Å². The van der Waals surface area contributed by atoms with Crippen LogP contribution in [0.4, 0.5) is 5.69 Å². The second kappa shape index (κ2) is 10.1. The van der Waals surface area contributed by atoms with Crippen LogP contribution in [0.1, 0.15) is 28.7 Å². The largest absolute Gasteiger partial charge is 0.332 e. The van der Waals surface area contributed by atoms with Crippen LogP contribution in [-0.2, 0) is 4.79 Å². The van der Waals surface area contributed by atoms with Gasteiger partial charge in [0.25, 0.3) is 0 Å². The third-order valence-corrected chi connectivity index (χ3v) is 6.58. The molecule has 0 spiro atoms. The second-order valence-electron chi connectivity index (χ2n) is 8.44. The van der Waals surface area contributed by atoms with Crippen molar-refractivity contribution >= 4 is 23.4 Å². The Balaban J connectivity index is 1.47. The summed E-state index contributed by atoms with van der Waals surface area (Å²) in [5.41, 5.74) is 9.78. The maximum atomic E-state index is 12.4. The highest BCUT2D eigenvalue weighted by Gasteiger charge is 2.15. The van der Waals surface area contributed by atoms with Gasteiger partial charge in [-0.3, -0.25) is 4.79 Å². The highest BCUT2D eigenvalue weighted by atomic mass is 32.2. The lowest BCUT2D eigenvalue weighted by Gasteiger charge is -2.07. The topological polar surface area (TPSA) is 57.8 Å². The minimum absolute atomic E-state index is 0.00910. The molecule has 0 saturated carbocycles. The predicted molar refractivity (Wildman–Crippen MR) is 139 cm³/mol. The van der Waals surface area contributed by atoms with Crippen LogP contribution in [-0.4, -0.2) is 21.6 Å². The number of hydrogen-bond donors (Lipinski definition) is 2. The van der Waals surface area contributed by atoms with E-state index >= 15 is 0 Å². The number of imidazole rings is 1. The quantitative estimate of drug-likeness (QED) is 0.292. The number of H-pyrrole nitrogens is 1. The van der Waals surface area contributed by atoms with Crippen LogP contribution in [0.2, 0.25) is 0 Å². The number of nitrogens with one attached hydrogen (secondary N) is 2. The Morgan fingerprint density at radius 2 is 1.48 bits per heavy atom. The first kappa shape index (κ1) is 22.9. The first-order chi connectivity index (χ1) is 15.9. The molecule has 0 unspecified atom stereocenters. The lowest BCUT2D eigenvalue weighted by atomic mass is 10.0. The van der Waals surface area contributed by atoms with E-state index in [9.17, 15) is 4.79 Å². The first-order valence-corrected chi connectivity index (χ1v) is 12.1. The Bertz CT molecular complexity index is 1190. The van der Waals surface area contributed by atoms with Crippen LogP contribution < -0.4 is 5.32 Å². The Morgan fingerprint density at radius 1 is 0.848 bits per heavy atom. The van der Waals surface area contributed by atoms with Crippen molar-refractivity contribution in [2.75, 3.05) is 11.1 Å². The minimum atomic E-state index is 0.00910. The van der Waals surface area contributed by atoms with Crippen molar-refractivity contribution in [2.24, 2.45) is 0 Å². The fourth-order valence-electron chi connectivity index (χ4n) is 3.55. The molecule has 1 heterocycles. The Labute approximate surface area is 199 Å². The molecule has 0 saturated heterocycles. The fraction of sp³-hybridized carbons (Fsp3) is 0.214. The van der Waals surface area contributed by atoms with Crippen molar-refractivity contribution < 1.29 is 4.79 Å². The van der Waals surface area contributed by atoms with Gasteiger partial charge in [-0.15, -0.1) is 0 Å². The van der Waals surface area contributed by atoms with E-state index in [2.05, 4.69) is 86.5 Å². The third-order valence-electron chi connectivity index (χ3n) is 5.71. The molecule has 33 heavy (non-hydrogen) atoms. The molecule has 0 aliphatic rings. The van der Waals surface area contributed by atoms with Crippen LogP contribution in [0.15, 0.2) is 71.9 Å². The molecule has 0 radical (unpaired) electrons. The van der Waals surface area contributed by atoms with Crippen LogP contribution in [0.25, 0.3) is 22.5 Å². The lowest BCUT2D eigenvalue weighted by Crippen LogP contribution is -2.12. The predicted octanol–water partition coefficient (Wildman–Crippen LogP) is 7.10. The van der Waals surface area contributed by atoms with Crippen LogP contribution >= 0.6 is 11.8 Å². The monoisotopic (exact) mass is 455 g/mol. The average molecular weight is 456 g/mol. The van der Waals surface area contributed by atoms with E-state index in [1.54, 1.807) is 11.8 Å². The molecule has 5 heteroatoms. The van der Waals surface area contributed by atoms with Crippen molar-refractivity contribution in [3.05, 3.63) is 89.0 Å². The summed E-state index contributed by atoms with van der Waals surface area (Å²) in [6, 6.07) is 22.9. The fourth-order valence-corrected chi connectivity index (χ4v) is 4.36. The summed E-state index contributed by atoms with van der Waals surface area (Å²) in [6.07, 6.45) is 0.415. The zero-order valence-electron chi connectivity index (χ0n) is 19.5. The van der Waals surface area contributed by atoms with Crippen molar-refractivity contribution in [2.45, 2.75) is 39.3 Å². The number of aromatic amines is 1. The molecular formula is C28H29N3OS. The van der Waals surface area contributed by atoms with E-state index in [1.807, 2.05) is 18.2 Å². The Morgan fingerprint density at radius 3 is 2.12 bits per heavy atom. The van der Waals surface area contributed by atoms with Gasteiger partial charge >= 0.3 is 0 Å². The maximum Gasteiger partial charge on any atom is 0.225 e. The van der Waals surface area contributed by atoms with Crippen LogP contribution in [0, 0.1) is 27.7 Å². The summed E-state index contributed by atoms with van der Waals surface area (Å²) in [6.45, 7) is 8.28. The highest BCUT2D eigenvalue weighted by Crippen LogP contribution is 2.33. The summed E-state index contributed by atoms with van der Waals surface area (Å²) in [5, 5.41) is 3.81. The van der Waals surface area contributed by atoms with Crippen LogP contribution in [0.3, 0.4) is 0 Å². The molecule has 4 aromatic rings. The molecule has 0 aliphatic heterocycles. The van der Waals surface area contributed by atoms with Crippen molar-refractivity contribution in [3.8, 4) is 22.5 Å². The smallest absolute Gasteiger partial charge is 0.225 e. The zero-order valence-corrected chi connectivity index (χ0v) is 20.3. The number of benzene rings is 3. The van der Waals surface area contributed by atoms with Gasteiger partial charge in [-0.05, 0) is 51.0 Å². The van der Waals surface area contributed by atoms with Gasteiger partial charge < -0.3 is 10.3 Å². The molecule has 0 atom stereocenters. The minimum Gasteiger partial charge on any atom is -0.332 e. The summed E-state index contributed by atoms with van der Waals surface area (Å²) in [5.74, 6) is 0.653. The molecule has 1 aromatic heterocycles. The summed E-state index contributed by atoms with van der Waals surface area (Å²) >= 11 is 1.57. The number of aromatic nitrogens is 2. The van der Waals surface area contributed by atoms with E-state index in [4.69, 9.17) is 4.98 Å². The van der Waals surface area contributed by atoms with E-state index in [1.165, 1.54) is 22.3 Å². The van der Waals surface area contributed by atoms with Gasteiger partial charge in [0.1, 0.15) is 0 Å². The van der Waals surface area contributed by atoms with Gasteiger partial charge in [0, 0.05) is 29.0 Å². The number of aryl methyl sites for hydroxylation is 4. The molecule has 0 aliphatic carbocycles. The normalized spacial score (nSPS) is 10.9. The summed E-state index contributed by atoms with van der Waals surface area (Å²) in [4.78, 5) is 20.8. The molecular weight excluding hydrogens is 426 g/mol. The zero-order chi connectivity index (χ0) is 23.4. The Kier molecular flexibility index (Phi) is 6.99. The summed E-state index contributed by atoms with van der Waals surface area (Å²) < 4.78 is 0. The standard InChI is InChI=1S/C28H29N3OS/c1-18-5-10-22(11-6-18)26-27(23-12-7-19(2)8-13-23)31-28(30-26)33-16-15-25(32)29-24-14-9-20(3)21(4)17-24/h5-14,17H,15-16H2,1-4H3,(H,29,32)(H,30,31). The van der Waals surface area contributed by atoms with E-state index in [0.717, 1.165) is 33.4 Å². The number of carbonyl (C=O) groups is 1. The van der Waals surface area contributed by atoms with Gasteiger partial charge in [0.2, 0.25) is 5.91 Å². The Hall–Kier alpha value is -3.31. The lowest BCUT2D eigenvalue weighted by molar-refractivity contribution is -0.115. The number of rotatable bonds is 7. The van der Waals surface area contributed by atoms with Gasteiger partial charge in [-0.25, -0.2) is 4.98 Å².